The number of halogens is 2. The van der Waals surface area contributed by atoms with Gasteiger partial charge in [0, 0.05) is 36.7 Å². The first-order valence-electron chi connectivity index (χ1n) is 9.54. The molecule has 0 aliphatic heterocycles. The predicted octanol–water partition coefficient (Wildman–Crippen LogP) is 7.31. The third-order valence-corrected chi connectivity index (χ3v) is 6.16. The molecule has 7 heteroatoms. The average molecular weight is 570 g/mol. The molecule has 0 spiro atoms. The van der Waals surface area contributed by atoms with Crippen LogP contribution in [0.1, 0.15) is 43.4 Å². The highest BCUT2D eigenvalue weighted by molar-refractivity contribution is 9.10. The van der Waals surface area contributed by atoms with E-state index in [0.29, 0.717) is 18.7 Å². The van der Waals surface area contributed by atoms with E-state index in [-0.39, 0.29) is 5.75 Å². The van der Waals surface area contributed by atoms with Gasteiger partial charge in [0.1, 0.15) is 5.75 Å². The molecule has 0 unspecified atom stereocenters. The van der Waals surface area contributed by atoms with Gasteiger partial charge in [0.2, 0.25) is 0 Å². The van der Waals surface area contributed by atoms with Crippen LogP contribution in [-0.4, -0.2) is 40.4 Å². The number of thiocarbonyl (C=S) groups is 2. The predicted molar refractivity (Wildman–Crippen MR) is 145 cm³/mol. The van der Waals surface area contributed by atoms with Gasteiger partial charge < -0.3 is 5.11 Å². The second-order valence-corrected chi connectivity index (χ2v) is 9.36. The fourth-order valence-corrected chi connectivity index (χ4v) is 2.96. The third kappa shape index (κ3) is 10.7. The van der Waals surface area contributed by atoms with Gasteiger partial charge in [-0.3, -0.25) is 9.98 Å². The van der Waals surface area contributed by atoms with Crippen molar-refractivity contribution in [1.82, 2.24) is 0 Å². The molecule has 2 aromatic rings. The maximum absolute atomic E-state index is 9.51. The Morgan fingerprint density at radius 1 is 0.933 bits per heavy atom. The zero-order valence-corrected chi connectivity index (χ0v) is 22.2. The zero-order valence-electron chi connectivity index (χ0n) is 17.4. The van der Waals surface area contributed by atoms with E-state index in [0.717, 1.165) is 37.1 Å². The first-order valence-corrected chi connectivity index (χ1v) is 11.9. The number of hydrogen-bond acceptors (Lipinski definition) is 5. The summed E-state index contributed by atoms with van der Waals surface area (Å²) in [4.78, 5) is 10.4. The summed E-state index contributed by atoms with van der Waals surface area (Å²) in [6, 6.07) is 11.4. The second-order valence-electron chi connectivity index (χ2n) is 6.44. The van der Waals surface area contributed by atoms with Gasteiger partial charge in [-0.25, -0.2) is 0 Å². The molecule has 0 aromatic heterocycles. The number of nitrogens with zero attached hydrogens (tertiary/aromatic N) is 2. The number of aryl methyl sites for hydroxylation is 1. The minimum absolute atomic E-state index is 0.226. The van der Waals surface area contributed by atoms with Crippen LogP contribution >= 0.6 is 56.3 Å². The summed E-state index contributed by atoms with van der Waals surface area (Å²) in [5.41, 5.74) is 3.03. The lowest BCUT2D eigenvalue weighted by molar-refractivity contribution is 0.474. The molecule has 0 saturated carbocycles. The summed E-state index contributed by atoms with van der Waals surface area (Å²) in [7, 11) is 0. The molecule has 2 aromatic carbocycles. The minimum Gasteiger partial charge on any atom is -0.507 e. The number of phenolic OH excluding ortho intramolecular Hbond substituents is 1. The normalized spacial score (nSPS) is 10.8. The summed E-state index contributed by atoms with van der Waals surface area (Å²) >= 11 is 17.0. The van der Waals surface area contributed by atoms with Crippen molar-refractivity contribution in [3.63, 3.8) is 0 Å². The Balaban J connectivity index is 0.000000300. The van der Waals surface area contributed by atoms with E-state index in [4.69, 9.17) is 24.4 Å². The SMILES string of the molecule is CCC(=S)CN=Cc1cc(Br)ccc1O.CCC(=S)CN=Cc1ccc(C)c(Br)c1. The van der Waals surface area contributed by atoms with E-state index < -0.39 is 0 Å². The fourth-order valence-electron chi connectivity index (χ4n) is 2.04. The highest BCUT2D eigenvalue weighted by Gasteiger charge is 1.98. The van der Waals surface area contributed by atoms with E-state index in [2.05, 4.69) is 73.9 Å². The van der Waals surface area contributed by atoms with Crippen LogP contribution in [0, 0.1) is 6.92 Å². The Morgan fingerprint density at radius 2 is 1.53 bits per heavy atom. The lowest BCUT2D eigenvalue weighted by atomic mass is 10.2. The van der Waals surface area contributed by atoms with Crippen LogP contribution in [0.5, 0.6) is 5.75 Å². The van der Waals surface area contributed by atoms with Crippen LogP contribution in [0.3, 0.4) is 0 Å². The Kier molecular flexibility index (Phi) is 13.1. The number of benzene rings is 2. The first-order chi connectivity index (χ1) is 14.3. The summed E-state index contributed by atoms with van der Waals surface area (Å²) in [6.45, 7) is 7.32. The van der Waals surface area contributed by atoms with Gasteiger partial charge in [0.25, 0.3) is 0 Å². The fraction of sp³-hybridized carbons (Fsp3) is 0.304. The lowest BCUT2D eigenvalue weighted by Crippen LogP contribution is -1.97. The molecule has 1 N–H and O–H groups in total. The van der Waals surface area contributed by atoms with E-state index >= 15 is 0 Å². The first kappa shape index (κ1) is 26.8. The molecule has 30 heavy (non-hydrogen) atoms. The number of hydrogen-bond donors (Lipinski definition) is 1. The third-order valence-electron chi connectivity index (χ3n) is 3.98. The van der Waals surface area contributed by atoms with Gasteiger partial charge in [-0.2, -0.15) is 0 Å². The lowest BCUT2D eigenvalue weighted by Gasteiger charge is -1.99. The average Bonchev–Trinajstić information content (AvgIpc) is 2.73. The topological polar surface area (TPSA) is 45.0 Å². The van der Waals surface area contributed by atoms with Crippen molar-refractivity contribution in [3.8, 4) is 5.75 Å². The second kappa shape index (κ2) is 14.7. The number of rotatable bonds is 8. The van der Waals surface area contributed by atoms with Crippen molar-refractivity contribution in [2.75, 3.05) is 13.1 Å². The van der Waals surface area contributed by atoms with Crippen molar-refractivity contribution in [1.29, 1.82) is 0 Å². The molecule has 0 aliphatic rings. The van der Waals surface area contributed by atoms with Gasteiger partial charge in [-0.1, -0.05) is 82.3 Å². The molecular formula is C23H26Br2N2OS2. The maximum Gasteiger partial charge on any atom is 0.124 e. The van der Waals surface area contributed by atoms with Crippen LogP contribution < -0.4 is 0 Å². The van der Waals surface area contributed by atoms with Crippen LogP contribution in [-0.2, 0) is 0 Å². The molecule has 0 atom stereocenters. The maximum atomic E-state index is 9.51. The van der Waals surface area contributed by atoms with Gasteiger partial charge in [-0.05, 0) is 55.2 Å². The Labute approximate surface area is 207 Å². The number of aromatic hydroxyl groups is 1. The largest absolute Gasteiger partial charge is 0.507 e. The summed E-state index contributed by atoms with van der Waals surface area (Å²) in [5.74, 6) is 0.226. The van der Waals surface area contributed by atoms with Crippen LogP contribution in [0.25, 0.3) is 0 Å². The summed E-state index contributed by atoms with van der Waals surface area (Å²) < 4.78 is 2.03. The van der Waals surface area contributed by atoms with Crippen molar-refractivity contribution in [2.24, 2.45) is 9.98 Å². The van der Waals surface area contributed by atoms with Crippen LogP contribution in [0.4, 0.5) is 0 Å². The Bertz CT molecular complexity index is 927. The molecule has 0 saturated heterocycles. The molecule has 0 radical (unpaired) electrons. The van der Waals surface area contributed by atoms with E-state index in [1.807, 2.05) is 19.2 Å². The van der Waals surface area contributed by atoms with E-state index in [1.54, 1.807) is 18.3 Å². The number of phenols is 1. The summed E-state index contributed by atoms with van der Waals surface area (Å²) in [6.07, 6.45) is 5.29. The molecule has 160 valence electrons. The molecule has 0 fully saturated rings. The van der Waals surface area contributed by atoms with E-state index in [9.17, 15) is 5.11 Å². The van der Waals surface area contributed by atoms with Crippen molar-refractivity contribution < 1.29 is 5.11 Å². The van der Waals surface area contributed by atoms with Crippen LogP contribution in [0.2, 0.25) is 0 Å². The van der Waals surface area contributed by atoms with Crippen molar-refractivity contribution in [2.45, 2.75) is 33.6 Å². The molecule has 3 nitrogen and oxygen atoms in total. The van der Waals surface area contributed by atoms with Gasteiger partial charge in [0.15, 0.2) is 0 Å². The van der Waals surface area contributed by atoms with Crippen LogP contribution in [0.15, 0.2) is 55.3 Å². The van der Waals surface area contributed by atoms with Gasteiger partial charge in [0.05, 0.1) is 13.1 Å². The molecular weight excluding hydrogens is 544 g/mol. The quantitative estimate of drug-likeness (QED) is 0.268. The van der Waals surface area contributed by atoms with Crippen molar-refractivity contribution in [3.05, 3.63) is 62.0 Å². The van der Waals surface area contributed by atoms with Crippen molar-refractivity contribution >= 4 is 78.5 Å². The number of aliphatic imine (C=N–C) groups is 2. The standard InChI is InChI=1S/C12H14BrNS.C11H12BrNOS/c1-3-11(15)8-14-7-10-5-4-9(2)12(13)6-10;1-2-10(15)7-13-6-8-5-9(12)3-4-11(8)14/h4-7H,3,8H2,1-2H3;3-6,14H,2,7H2,1H3. The Hall–Kier alpha value is -1.28. The molecule has 0 aliphatic carbocycles. The molecule has 0 heterocycles. The highest BCUT2D eigenvalue weighted by Crippen LogP contribution is 2.20. The Morgan fingerprint density at radius 3 is 2.10 bits per heavy atom. The smallest absolute Gasteiger partial charge is 0.124 e. The van der Waals surface area contributed by atoms with Gasteiger partial charge >= 0.3 is 0 Å². The van der Waals surface area contributed by atoms with E-state index in [1.165, 1.54) is 5.56 Å². The molecule has 2 rings (SSSR count). The van der Waals surface area contributed by atoms with Gasteiger partial charge in [-0.15, -0.1) is 0 Å². The highest BCUT2D eigenvalue weighted by atomic mass is 79.9. The monoisotopic (exact) mass is 568 g/mol. The minimum atomic E-state index is 0.226. The molecule has 0 bridgehead atoms. The molecule has 0 amide bonds. The summed E-state index contributed by atoms with van der Waals surface area (Å²) in [5, 5.41) is 9.51. The zero-order chi connectivity index (χ0) is 22.5.